The molecule has 144 valence electrons. The van der Waals surface area contributed by atoms with Crippen molar-refractivity contribution in [3.63, 3.8) is 0 Å². The third kappa shape index (κ3) is 5.33. The van der Waals surface area contributed by atoms with Crippen LogP contribution < -0.4 is 4.74 Å². The van der Waals surface area contributed by atoms with Crippen LogP contribution in [-0.2, 0) is 19.5 Å². The second-order valence-electron chi connectivity index (χ2n) is 7.98. The average Bonchev–Trinajstić information content (AvgIpc) is 2.73. The van der Waals surface area contributed by atoms with Gasteiger partial charge in [0.1, 0.15) is 5.75 Å². The van der Waals surface area contributed by atoms with Gasteiger partial charge in [-0.1, -0.05) is 42.8 Å². The fourth-order valence-electron chi connectivity index (χ4n) is 4.30. The van der Waals surface area contributed by atoms with Crippen LogP contribution in [0.3, 0.4) is 0 Å². The van der Waals surface area contributed by atoms with Gasteiger partial charge in [-0.3, -0.25) is 4.90 Å². The summed E-state index contributed by atoms with van der Waals surface area (Å²) < 4.78 is 5.95. The lowest BCUT2D eigenvalue weighted by Gasteiger charge is -2.28. The van der Waals surface area contributed by atoms with Crippen LogP contribution >= 0.6 is 0 Å². The number of rotatable bonds is 7. The molecule has 0 aliphatic carbocycles. The molecule has 0 atom stereocenters. The summed E-state index contributed by atoms with van der Waals surface area (Å²) in [5, 5.41) is 0. The standard InChI is InChI=1S/C24H32N2O/c1-4-14-25(15-5-1)16-6-18-27-24-11-9-21(10-12-24)19-26-17-13-22-7-2-3-8-23(22)20-26/h2-3,7-12H,1,4-6,13-20H2. The lowest BCUT2D eigenvalue weighted by Crippen LogP contribution is -2.31. The van der Waals surface area contributed by atoms with Crippen LogP contribution in [0.1, 0.15) is 42.4 Å². The summed E-state index contributed by atoms with van der Waals surface area (Å²) in [5.74, 6) is 1.00. The van der Waals surface area contributed by atoms with E-state index in [1.165, 1.54) is 55.6 Å². The maximum atomic E-state index is 5.95. The summed E-state index contributed by atoms with van der Waals surface area (Å²) in [7, 11) is 0. The number of ether oxygens (including phenoxy) is 1. The predicted octanol–water partition coefficient (Wildman–Crippen LogP) is 4.50. The molecule has 0 aromatic heterocycles. The molecular formula is C24H32N2O. The van der Waals surface area contributed by atoms with Crippen LogP contribution in [0.2, 0.25) is 0 Å². The summed E-state index contributed by atoms with van der Waals surface area (Å²) in [4.78, 5) is 5.11. The molecule has 0 radical (unpaired) electrons. The summed E-state index contributed by atoms with van der Waals surface area (Å²) in [6, 6.07) is 17.6. The number of hydrogen-bond acceptors (Lipinski definition) is 3. The fourth-order valence-corrected chi connectivity index (χ4v) is 4.30. The first-order chi connectivity index (χ1) is 13.4. The highest BCUT2D eigenvalue weighted by Crippen LogP contribution is 2.21. The molecule has 0 unspecified atom stereocenters. The SMILES string of the molecule is c1ccc2c(c1)CCN(Cc1ccc(OCCCN3CCCCC3)cc1)C2. The molecule has 1 saturated heterocycles. The van der Waals surface area contributed by atoms with Gasteiger partial charge in [-0.2, -0.15) is 0 Å². The van der Waals surface area contributed by atoms with E-state index in [4.69, 9.17) is 4.74 Å². The van der Waals surface area contributed by atoms with E-state index in [0.717, 1.165) is 44.8 Å². The molecule has 2 heterocycles. The topological polar surface area (TPSA) is 15.7 Å². The third-order valence-electron chi connectivity index (χ3n) is 5.88. The largest absolute Gasteiger partial charge is 0.494 e. The normalized spacial score (nSPS) is 18.2. The van der Waals surface area contributed by atoms with E-state index in [9.17, 15) is 0 Å². The Bertz CT molecular complexity index is 707. The monoisotopic (exact) mass is 364 g/mol. The molecule has 0 saturated carbocycles. The Morgan fingerprint density at radius 3 is 2.37 bits per heavy atom. The highest BCUT2D eigenvalue weighted by molar-refractivity contribution is 5.30. The molecule has 2 aromatic rings. The summed E-state index contributed by atoms with van der Waals surface area (Å²) in [6.45, 7) is 7.76. The van der Waals surface area contributed by atoms with Crippen LogP contribution in [-0.4, -0.2) is 42.6 Å². The number of nitrogens with zero attached hydrogens (tertiary/aromatic N) is 2. The van der Waals surface area contributed by atoms with Crippen molar-refractivity contribution in [1.29, 1.82) is 0 Å². The minimum atomic E-state index is 0.818. The van der Waals surface area contributed by atoms with Crippen molar-refractivity contribution in [2.75, 3.05) is 32.8 Å². The second-order valence-corrected chi connectivity index (χ2v) is 7.98. The van der Waals surface area contributed by atoms with Crippen LogP contribution in [0.4, 0.5) is 0 Å². The Labute approximate surface area is 163 Å². The summed E-state index contributed by atoms with van der Waals surface area (Å²) in [6.07, 6.45) is 6.42. The van der Waals surface area contributed by atoms with Crippen LogP contribution in [0.5, 0.6) is 5.75 Å². The lowest BCUT2D eigenvalue weighted by atomic mass is 9.99. The number of benzene rings is 2. The molecule has 3 nitrogen and oxygen atoms in total. The zero-order valence-electron chi connectivity index (χ0n) is 16.4. The van der Waals surface area contributed by atoms with Gasteiger partial charge in [0, 0.05) is 26.2 Å². The number of likely N-dealkylation sites (tertiary alicyclic amines) is 1. The maximum Gasteiger partial charge on any atom is 0.119 e. The van der Waals surface area contributed by atoms with Gasteiger partial charge < -0.3 is 9.64 Å². The fraction of sp³-hybridized carbons (Fsp3) is 0.500. The second kappa shape index (κ2) is 9.38. The zero-order chi connectivity index (χ0) is 18.3. The molecule has 2 aromatic carbocycles. The van der Waals surface area contributed by atoms with Crippen molar-refractivity contribution < 1.29 is 4.74 Å². The minimum Gasteiger partial charge on any atom is -0.494 e. The molecule has 4 rings (SSSR count). The minimum absolute atomic E-state index is 0.818. The van der Waals surface area contributed by atoms with E-state index < -0.39 is 0 Å². The molecule has 0 bridgehead atoms. The lowest BCUT2D eigenvalue weighted by molar-refractivity contribution is 0.205. The quantitative estimate of drug-likeness (QED) is 0.673. The van der Waals surface area contributed by atoms with E-state index >= 15 is 0 Å². The van der Waals surface area contributed by atoms with E-state index in [1.54, 1.807) is 0 Å². The summed E-state index contributed by atoms with van der Waals surface area (Å²) >= 11 is 0. The van der Waals surface area contributed by atoms with E-state index in [1.807, 2.05) is 0 Å². The van der Waals surface area contributed by atoms with Crippen molar-refractivity contribution >= 4 is 0 Å². The molecule has 3 heteroatoms. The zero-order valence-corrected chi connectivity index (χ0v) is 16.4. The van der Waals surface area contributed by atoms with Crippen molar-refractivity contribution in [2.45, 2.75) is 45.2 Å². The van der Waals surface area contributed by atoms with Crippen molar-refractivity contribution in [3.05, 3.63) is 65.2 Å². The highest BCUT2D eigenvalue weighted by atomic mass is 16.5. The third-order valence-corrected chi connectivity index (χ3v) is 5.88. The first kappa shape index (κ1) is 18.5. The number of fused-ring (bicyclic) bond motifs is 1. The van der Waals surface area contributed by atoms with E-state index in [0.29, 0.717) is 0 Å². The van der Waals surface area contributed by atoms with Gasteiger partial charge in [-0.05, 0) is 67.6 Å². The average molecular weight is 365 g/mol. The Morgan fingerprint density at radius 2 is 1.56 bits per heavy atom. The number of piperidine rings is 1. The smallest absolute Gasteiger partial charge is 0.119 e. The van der Waals surface area contributed by atoms with Crippen molar-refractivity contribution in [2.24, 2.45) is 0 Å². The Balaban J connectivity index is 1.20. The Morgan fingerprint density at radius 1 is 0.778 bits per heavy atom. The number of hydrogen-bond donors (Lipinski definition) is 0. The van der Waals surface area contributed by atoms with Gasteiger partial charge >= 0.3 is 0 Å². The van der Waals surface area contributed by atoms with Crippen LogP contribution in [0, 0.1) is 0 Å². The predicted molar refractivity (Wildman–Crippen MR) is 111 cm³/mol. The maximum absolute atomic E-state index is 5.95. The van der Waals surface area contributed by atoms with Gasteiger partial charge in [0.2, 0.25) is 0 Å². The van der Waals surface area contributed by atoms with Gasteiger partial charge in [-0.15, -0.1) is 0 Å². The van der Waals surface area contributed by atoms with Gasteiger partial charge in [-0.25, -0.2) is 0 Å². The van der Waals surface area contributed by atoms with Gasteiger partial charge in [0.05, 0.1) is 6.61 Å². The Kier molecular flexibility index (Phi) is 6.44. The van der Waals surface area contributed by atoms with E-state index in [2.05, 4.69) is 58.3 Å². The molecule has 2 aliphatic heterocycles. The van der Waals surface area contributed by atoms with Crippen LogP contribution in [0.25, 0.3) is 0 Å². The van der Waals surface area contributed by atoms with Crippen molar-refractivity contribution in [3.8, 4) is 5.75 Å². The van der Waals surface area contributed by atoms with Crippen LogP contribution in [0.15, 0.2) is 48.5 Å². The summed E-state index contributed by atoms with van der Waals surface area (Å²) in [5.41, 5.74) is 4.37. The molecular weight excluding hydrogens is 332 g/mol. The molecule has 27 heavy (non-hydrogen) atoms. The van der Waals surface area contributed by atoms with Gasteiger partial charge in [0.25, 0.3) is 0 Å². The molecule has 0 spiro atoms. The first-order valence-corrected chi connectivity index (χ1v) is 10.6. The van der Waals surface area contributed by atoms with Crippen molar-refractivity contribution in [1.82, 2.24) is 9.80 Å². The van der Waals surface area contributed by atoms with E-state index in [-0.39, 0.29) is 0 Å². The Hall–Kier alpha value is -1.84. The van der Waals surface area contributed by atoms with Gasteiger partial charge in [0.15, 0.2) is 0 Å². The molecule has 2 aliphatic rings. The first-order valence-electron chi connectivity index (χ1n) is 10.6. The molecule has 0 amide bonds. The highest BCUT2D eigenvalue weighted by Gasteiger charge is 2.15. The molecule has 0 N–H and O–H groups in total. The molecule has 1 fully saturated rings.